The number of hydrogen-bond acceptors (Lipinski definition) is 4. The standard InChI is InChI=1S/C15H17N3O2S/c1-8-2-4-11-10(6-8)13(16)14(21-11)15(20)17-7-9-3-5-12(19)18-9/h2,4,6,9H,3,5,7,16H2,1H3,(H,17,20)(H,18,19). The molecule has 1 atom stereocenters. The molecule has 2 amide bonds. The van der Waals surface area contributed by atoms with Crippen molar-refractivity contribution >= 4 is 38.9 Å². The lowest BCUT2D eigenvalue weighted by molar-refractivity contribution is -0.119. The molecule has 1 unspecified atom stereocenters. The van der Waals surface area contributed by atoms with E-state index in [1.165, 1.54) is 11.3 Å². The third-order valence-electron chi connectivity index (χ3n) is 3.68. The number of aryl methyl sites for hydroxylation is 1. The molecular weight excluding hydrogens is 286 g/mol. The molecule has 4 N–H and O–H groups in total. The number of nitrogens with two attached hydrogens (primary N) is 1. The van der Waals surface area contributed by atoms with Crippen molar-refractivity contribution in [3.63, 3.8) is 0 Å². The number of thiophene rings is 1. The summed E-state index contributed by atoms with van der Waals surface area (Å²) in [6.45, 7) is 2.44. The SMILES string of the molecule is Cc1ccc2sc(C(=O)NCC3CCC(=O)N3)c(N)c2c1. The molecule has 5 nitrogen and oxygen atoms in total. The summed E-state index contributed by atoms with van der Waals surface area (Å²) in [5, 5.41) is 6.61. The van der Waals surface area contributed by atoms with Gasteiger partial charge in [0.1, 0.15) is 4.88 Å². The fraction of sp³-hybridized carbons (Fsp3) is 0.333. The van der Waals surface area contributed by atoms with E-state index in [4.69, 9.17) is 5.73 Å². The lowest BCUT2D eigenvalue weighted by atomic mass is 10.1. The molecule has 6 heteroatoms. The quantitative estimate of drug-likeness (QED) is 0.808. The number of benzene rings is 1. The molecule has 3 rings (SSSR count). The minimum atomic E-state index is -0.174. The van der Waals surface area contributed by atoms with Gasteiger partial charge in [-0.05, 0) is 25.5 Å². The maximum absolute atomic E-state index is 12.3. The van der Waals surface area contributed by atoms with Crippen LogP contribution in [0.3, 0.4) is 0 Å². The first-order valence-corrected chi connectivity index (χ1v) is 7.72. The molecule has 1 fully saturated rings. The van der Waals surface area contributed by atoms with Gasteiger partial charge >= 0.3 is 0 Å². The van der Waals surface area contributed by atoms with E-state index in [0.717, 1.165) is 22.1 Å². The first-order chi connectivity index (χ1) is 10.0. The van der Waals surface area contributed by atoms with Crippen molar-refractivity contribution in [2.45, 2.75) is 25.8 Å². The molecule has 0 saturated carbocycles. The second-order valence-electron chi connectivity index (χ2n) is 5.36. The number of carbonyl (C=O) groups excluding carboxylic acids is 2. The van der Waals surface area contributed by atoms with E-state index in [1.807, 2.05) is 25.1 Å². The maximum atomic E-state index is 12.3. The zero-order valence-corrected chi connectivity index (χ0v) is 12.5. The molecule has 0 spiro atoms. The Bertz CT molecular complexity index is 723. The maximum Gasteiger partial charge on any atom is 0.263 e. The Morgan fingerprint density at radius 1 is 1.52 bits per heavy atom. The molecule has 0 radical (unpaired) electrons. The molecule has 1 aliphatic heterocycles. The van der Waals surface area contributed by atoms with Crippen molar-refractivity contribution in [2.24, 2.45) is 0 Å². The summed E-state index contributed by atoms with van der Waals surface area (Å²) < 4.78 is 1.01. The summed E-state index contributed by atoms with van der Waals surface area (Å²) in [5.41, 5.74) is 7.75. The predicted molar refractivity (Wildman–Crippen MR) is 84.5 cm³/mol. The van der Waals surface area contributed by atoms with Gasteiger partial charge in [-0.2, -0.15) is 0 Å². The van der Waals surface area contributed by atoms with E-state index in [9.17, 15) is 9.59 Å². The Morgan fingerprint density at radius 3 is 3.05 bits per heavy atom. The summed E-state index contributed by atoms with van der Waals surface area (Å²) in [7, 11) is 0. The van der Waals surface area contributed by atoms with Crippen LogP contribution in [0.4, 0.5) is 5.69 Å². The van der Waals surface area contributed by atoms with Gasteiger partial charge in [0.25, 0.3) is 5.91 Å². The zero-order chi connectivity index (χ0) is 15.0. The van der Waals surface area contributed by atoms with E-state index >= 15 is 0 Å². The number of nitrogens with one attached hydrogen (secondary N) is 2. The van der Waals surface area contributed by atoms with Crippen LogP contribution in [0.2, 0.25) is 0 Å². The van der Waals surface area contributed by atoms with Crippen molar-refractivity contribution in [1.82, 2.24) is 10.6 Å². The molecule has 2 aromatic rings. The summed E-state index contributed by atoms with van der Waals surface area (Å²) in [6.07, 6.45) is 1.30. The second kappa shape index (κ2) is 5.37. The first-order valence-electron chi connectivity index (χ1n) is 6.91. The minimum Gasteiger partial charge on any atom is -0.397 e. The van der Waals surface area contributed by atoms with Crippen LogP contribution in [-0.4, -0.2) is 24.4 Å². The van der Waals surface area contributed by atoms with E-state index in [1.54, 1.807) is 0 Å². The van der Waals surface area contributed by atoms with Gasteiger partial charge in [-0.1, -0.05) is 11.6 Å². The molecule has 21 heavy (non-hydrogen) atoms. The van der Waals surface area contributed by atoms with Crippen molar-refractivity contribution in [2.75, 3.05) is 12.3 Å². The van der Waals surface area contributed by atoms with Crippen LogP contribution in [0.1, 0.15) is 28.1 Å². The van der Waals surface area contributed by atoms with Crippen LogP contribution in [0.5, 0.6) is 0 Å². The van der Waals surface area contributed by atoms with Crippen molar-refractivity contribution < 1.29 is 9.59 Å². The number of rotatable bonds is 3. The van der Waals surface area contributed by atoms with E-state index in [-0.39, 0.29) is 17.9 Å². The highest BCUT2D eigenvalue weighted by molar-refractivity contribution is 7.21. The molecule has 1 saturated heterocycles. The Hall–Kier alpha value is -2.08. The van der Waals surface area contributed by atoms with Crippen LogP contribution < -0.4 is 16.4 Å². The topological polar surface area (TPSA) is 84.2 Å². The monoisotopic (exact) mass is 303 g/mol. The highest BCUT2D eigenvalue weighted by Gasteiger charge is 2.22. The molecule has 0 bridgehead atoms. The van der Waals surface area contributed by atoms with Crippen LogP contribution in [0, 0.1) is 6.92 Å². The number of nitrogen functional groups attached to an aromatic ring is 1. The molecule has 1 aliphatic rings. The van der Waals surface area contributed by atoms with Gasteiger partial charge in [-0.25, -0.2) is 0 Å². The number of fused-ring (bicyclic) bond motifs is 1. The third-order valence-corrected chi connectivity index (χ3v) is 4.87. The highest BCUT2D eigenvalue weighted by atomic mass is 32.1. The normalized spacial score (nSPS) is 18.0. The van der Waals surface area contributed by atoms with Gasteiger partial charge in [-0.3, -0.25) is 9.59 Å². The number of carbonyl (C=O) groups is 2. The highest BCUT2D eigenvalue weighted by Crippen LogP contribution is 2.34. The van der Waals surface area contributed by atoms with Crippen LogP contribution in [0.25, 0.3) is 10.1 Å². The van der Waals surface area contributed by atoms with Crippen molar-refractivity contribution in [1.29, 1.82) is 0 Å². The summed E-state index contributed by atoms with van der Waals surface area (Å²) in [6, 6.07) is 6.02. The second-order valence-corrected chi connectivity index (χ2v) is 6.41. The van der Waals surface area contributed by atoms with Gasteiger partial charge in [0.15, 0.2) is 0 Å². The average Bonchev–Trinajstić information content (AvgIpc) is 3.01. The largest absolute Gasteiger partial charge is 0.397 e. The van der Waals surface area contributed by atoms with Gasteiger partial charge in [0, 0.05) is 29.1 Å². The Kier molecular flexibility index (Phi) is 3.55. The van der Waals surface area contributed by atoms with Gasteiger partial charge in [0.2, 0.25) is 5.91 Å². The Labute approximate surface area is 126 Å². The van der Waals surface area contributed by atoms with Crippen molar-refractivity contribution in [3.8, 4) is 0 Å². The molecule has 1 aromatic carbocycles. The predicted octanol–water partition coefficient (Wildman–Crippen LogP) is 1.80. The van der Waals surface area contributed by atoms with Gasteiger partial charge in [-0.15, -0.1) is 11.3 Å². The molecule has 2 heterocycles. The molecule has 1 aromatic heterocycles. The lowest BCUT2D eigenvalue weighted by Gasteiger charge is -2.10. The van der Waals surface area contributed by atoms with Crippen molar-refractivity contribution in [3.05, 3.63) is 28.6 Å². The van der Waals surface area contributed by atoms with Crippen LogP contribution in [-0.2, 0) is 4.79 Å². The molecular formula is C15H17N3O2S. The summed E-state index contributed by atoms with van der Waals surface area (Å²) in [4.78, 5) is 23.9. The minimum absolute atomic E-state index is 0.0271. The van der Waals surface area contributed by atoms with Gasteiger partial charge in [0.05, 0.1) is 5.69 Å². The van der Waals surface area contributed by atoms with Crippen LogP contribution >= 0.6 is 11.3 Å². The van der Waals surface area contributed by atoms with E-state index < -0.39 is 0 Å². The summed E-state index contributed by atoms with van der Waals surface area (Å²) >= 11 is 1.40. The number of amides is 2. The fourth-order valence-corrected chi connectivity index (χ4v) is 3.55. The Balaban J connectivity index is 1.75. The van der Waals surface area contributed by atoms with E-state index in [2.05, 4.69) is 10.6 Å². The number of anilines is 1. The Morgan fingerprint density at radius 2 is 2.33 bits per heavy atom. The third kappa shape index (κ3) is 2.71. The average molecular weight is 303 g/mol. The lowest BCUT2D eigenvalue weighted by Crippen LogP contribution is -2.38. The number of hydrogen-bond donors (Lipinski definition) is 3. The molecule has 0 aliphatic carbocycles. The van der Waals surface area contributed by atoms with Crippen LogP contribution in [0.15, 0.2) is 18.2 Å². The zero-order valence-electron chi connectivity index (χ0n) is 11.7. The fourth-order valence-electron chi connectivity index (χ4n) is 2.53. The van der Waals surface area contributed by atoms with Gasteiger partial charge < -0.3 is 16.4 Å². The smallest absolute Gasteiger partial charge is 0.263 e. The first kappa shape index (κ1) is 13.9. The van der Waals surface area contributed by atoms with E-state index in [0.29, 0.717) is 23.5 Å². The molecule has 110 valence electrons. The summed E-state index contributed by atoms with van der Waals surface area (Å²) in [5.74, 6) is -0.126.